The van der Waals surface area contributed by atoms with Gasteiger partial charge in [0.15, 0.2) is 0 Å². The number of para-hydroxylation sites is 2. The molecule has 0 radical (unpaired) electrons. The number of rotatable bonds is 2. The summed E-state index contributed by atoms with van der Waals surface area (Å²) in [6.07, 6.45) is 0. The fourth-order valence-electron chi connectivity index (χ4n) is 3.51. The number of benzene rings is 4. The molecule has 0 unspecified atom stereocenters. The molecule has 0 bridgehead atoms. The number of fused-ring (bicyclic) bond motifs is 3. The molecule has 0 aliphatic rings. The third kappa shape index (κ3) is 2.25. The van der Waals surface area contributed by atoms with Gasteiger partial charge in [0.05, 0.1) is 13.8 Å². The Hall–Kier alpha value is -3.32. The van der Waals surface area contributed by atoms with Crippen molar-refractivity contribution < 1.29 is 2.74 Å². The van der Waals surface area contributed by atoms with E-state index >= 15 is 0 Å². The van der Waals surface area contributed by atoms with Crippen LogP contribution < -0.4 is 0 Å². The molecule has 1 nitrogen and oxygen atoms in total. The van der Waals surface area contributed by atoms with Crippen LogP contribution >= 0.6 is 0 Å². The molecule has 1 aromatic heterocycles. The van der Waals surface area contributed by atoms with E-state index in [4.69, 9.17) is 2.74 Å². The molecule has 1 heteroatoms. The summed E-state index contributed by atoms with van der Waals surface area (Å²) in [5.41, 5.74) is 5.38. The molecule has 4 aromatic carbocycles. The van der Waals surface area contributed by atoms with Gasteiger partial charge in [0.2, 0.25) is 0 Å². The summed E-state index contributed by atoms with van der Waals surface area (Å²) in [5, 5.41) is 2.21. The van der Waals surface area contributed by atoms with Gasteiger partial charge in [0.25, 0.3) is 0 Å². The summed E-state index contributed by atoms with van der Waals surface area (Å²) in [6.45, 7) is 0. The van der Waals surface area contributed by atoms with Crippen molar-refractivity contribution in [3.8, 4) is 16.8 Å². The van der Waals surface area contributed by atoms with Crippen LogP contribution in [0.4, 0.5) is 0 Å². The van der Waals surface area contributed by atoms with Crippen LogP contribution in [0.2, 0.25) is 0 Å². The lowest BCUT2D eigenvalue weighted by molar-refractivity contribution is 1.18. The summed E-state index contributed by atoms with van der Waals surface area (Å²) < 4.78 is 18.2. The first-order valence-corrected chi connectivity index (χ1v) is 8.38. The zero-order valence-electron chi connectivity index (χ0n) is 15.6. The molecule has 118 valence electrons. The highest BCUT2D eigenvalue weighted by Crippen LogP contribution is 2.32. The first-order chi connectivity index (χ1) is 13.2. The summed E-state index contributed by atoms with van der Waals surface area (Å²) in [5.74, 6) is 0. The van der Waals surface area contributed by atoms with Gasteiger partial charge in [-0.05, 0) is 35.4 Å². The maximum atomic E-state index is 8.05. The van der Waals surface area contributed by atoms with Gasteiger partial charge < -0.3 is 4.57 Å². The van der Waals surface area contributed by atoms with E-state index in [2.05, 4.69) is 41.0 Å². The number of hydrogen-bond donors (Lipinski definition) is 0. The third-order valence-corrected chi connectivity index (χ3v) is 4.69. The van der Waals surface area contributed by atoms with Gasteiger partial charge in [-0.2, -0.15) is 0 Å². The van der Waals surface area contributed by atoms with Crippen molar-refractivity contribution in [2.45, 2.75) is 0 Å². The molecule has 1 heterocycles. The average Bonchev–Trinajstić information content (AvgIpc) is 3.01. The number of aromatic nitrogens is 1. The monoisotopic (exact) mass is 321 g/mol. The quantitative estimate of drug-likeness (QED) is 0.352. The highest BCUT2D eigenvalue weighted by atomic mass is 15.0. The third-order valence-electron chi connectivity index (χ3n) is 4.69. The molecule has 5 aromatic rings. The highest BCUT2D eigenvalue weighted by molar-refractivity contribution is 6.09. The molecule has 25 heavy (non-hydrogen) atoms. The van der Waals surface area contributed by atoms with E-state index in [0.717, 1.165) is 27.5 Å². The fourth-order valence-corrected chi connectivity index (χ4v) is 3.51. The maximum absolute atomic E-state index is 8.05. The standard InChI is InChI=1S/C24H17N/c1-2-8-18(9-3-1)19-14-16-20(17-15-19)25-23-12-6-4-10-21(23)22-11-5-7-13-24(22)25/h1-17H/i6D,7D. The van der Waals surface area contributed by atoms with Crippen molar-refractivity contribution >= 4 is 21.8 Å². The van der Waals surface area contributed by atoms with E-state index in [1.54, 1.807) is 0 Å². The molecular weight excluding hydrogens is 302 g/mol. The van der Waals surface area contributed by atoms with E-state index in [1.807, 2.05) is 54.6 Å². The van der Waals surface area contributed by atoms with E-state index < -0.39 is 0 Å². The van der Waals surface area contributed by atoms with Crippen molar-refractivity contribution in [1.82, 2.24) is 4.57 Å². The SMILES string of the molecule is [2H]c1ccc2c3ccc([2H])cc3n(-c3ccc(-c4ccccc4)cc3)c2c1. The van der Waals surface area contributed by atoms with Crippen molar-refractivity contribution in [3.63, 3.8) is 0 Å². The van der Waals surface area contributed by atoms with E-state index in [9.17, 15) is 0 Å². The van der Waals surface area contributed by atoms with Gasteiger partial charge in [-0.15, -0.1) is 0 Å². The van der Waals surface area contributed by atoms with Gasteiger partial charge >= 0.3 is 0 Å². The van der Waals surface area contributed by atoms with Crippen molar-refractivity contribution in [1.29, 1.82) is 0 Å². The Morgan fingerprint density at radius 2 is 1.08 bits per heavy atom. The minimum Gasteiger partial charge on any atom is -0.309 e. The second-order valence-electron chi connectivity index (χ2n) is 6.13. The Morgan fingerprint density at radius 1 is 0.520 bits per heavy atom. The summed E-state index contributed by atoms with van der Waals surface area (Å²) in [6, 6.07) is 31.2. The van der Waals surface area contributed by atoms with Crippen molar-refractivity contribution in [3.05, 3.63) is 103 Å². The van der Waals surface area contributed by atoms with Crippen molar-refractivity contribution in [2.24, 2.45) is 0 Å². The molecule has 0 aliphatic heterocycles. The van der Waals surface area contributed by atoms with Crippen LogP contribution in [0.3, 0.4) is 0 Å². The Bertz CT molecular complexity index is 1210. The minimum absolute atomic E-state index is 0.485. The second-order valence-corrected chi connectivity index (χ2v) is 6.13. The molecule has 0 fully saturated rings. The lowest BCUT2D eigenvalue weighted by Crippen LogP contribution is -1.93. The van der Waals surface area contributed by atoms with Crippen molar-refractivity contribution in [2.75, 3.05) is 0 Å². The lowest BCUT2D eigenvalue weighted by atomic mass is 10.1. The minimum atomic E-state index is 0.485. The van der Waals surface area contributed by atoms with Crippen LogP contribution in [0.5, 0.6) is 0 Å². The number of hydrogen-bond acceptors (Lipinski definition) is 0. The first-order valence-electron chi connectivity index (χ1n) is 9.38. The maximum Gasteiger partial charge on any atom is 0.0623 e. The Morgan fingerprint density at radius 3 is 1.68 bits per heavy atom. The van der Waals surface area contributed by atoms with Gasteiger partial charge in [-0.25, -0.2) is 0 Å². The second kappa shape index (κ2) is 5.64. The highest BCUT2D eigenvalue weighted by Gasteiger charge is 2.11. The Labute approximate surface area is 149 Å². The molecule has 0 saturated carbocycles. The molecule has 0 N–H and O–H groups in total. The molecule has 0 aliphatic carbocycles. The van der Waals surface area contributed by atoms with Gasteiger partial charge in [-0.1, -0.05) is 78.8 Å². The average molecular weight is 321 g/mol. The molecule has 0 saturated heterocycles. The van der Waals surface area contributed by atoms with Crippen LogP contribution in [-0.4, -0.2) is 4.57 Å². The molecule has 5 rings (SSSR count). The fraction of sp³-hybridized carbons (Fsp3) is 0. The normalized spacial score (nSPS) is 12.3. The first kappa shape index (κ1) is 12.1. The van der Waals surface area contributed by atoms with Crippen LogP contribution in [0.1, 0.15) is 2.74 Å². The smallest absolute Gasteiger partial charge is 0.0623 e. The van der Waals surface area contributed by atoms with Crippen LogP contribution in [0.15, 0.2) is 103 Å². The van der Waals surface area contributed by atoms with Gasteiger partial charge in [0, 0.05) is 16.5 Å². The summed E-state index contributed by atoms with van der Waals surface area (Å²) in [7, 11) is 0. The van der Waals surface area contributed by atoms with Gasteiger partial charge in [0.1, 0.15) is 0 Å². The van der Waals surface area contributed by atoms with Crippen LogP contribution in [-0.2, 0) is 0 Å². The Kier molecular flexibility index (Phi) is 2.73. The van der Waals surface area contributed by atoms with E-state index in [1.165, 1.54) is 11.1 Å². The molecule has 0 atom stereocenters. The predicted octanol–water partition coefficient (Wildman–Crippen LogP) is 6.45. The van der Waals surface area contributed by atoms with E-state index in [0.29, 0.717) is 12.1 Å². The van der Waals surface area contributed by atoms with Gasteiger partial charge in [-0.3, -0.25) is 0 Å². The summed E-state index contributed by atoms with van der Waals surface area (Å²) >= 11 is 0. The van der Waals surface area contributed by atoms with Crippen LogP contribution in [0, 0.1) is 0 Å². The van der Waals surface area contributed by atoms with E-state index in [-0.39, 0.29) is 0 Å². The summed E-state index contributed by atoms with van der Waals surface area (Å²) in [4.78, 5) is 0. The lowest BCUT2D eigenvalue weighted by Gasteiger charge is -2.09. The number of nitrogens with zero attached hydrogens (tertiary/aromatic N) is 1. The van der Waals surface area contributed by atoms with Crippen LogP contribution in [0.25, 0.3) is 38.6 Å². The topological polar surface area (TPSA) is 4.93 Å². The zero-order chi connectivity index (χ0) is 18.4. The largest absolute Gasteiger partial charge is 0.309 e. The zero-order valence-corrected chi connectivity index (χ0v) is 13.6. The Balaban J connectivity index is 1.76. The molecule has 0 amide bonds. The molecule has 0 spiro atoms. The molecular formula is C24H17N. The predicted molar refractivity (Wildman–Crippen MR) is 106 cm³/mol.